The van der Waals surface area contributed by atoms with Gasteiger partial charge in [-0.15, -0.1) is 0 Å². The van der Waals surface area contributed by atoms with Crippen LogP contribution in [-0.4, -0.2) is 24.1 Å². The van der Waals surface area contributed by atoms with E-state index in [0.29, 0.717) is 51.9 Å². The summed E-state index contributed by atoms with van der Waals surface area (Å²) in [6.45, 7) is 6.74. The Bertz CT molecular complexity index is 1740. The summed E-state index contributed by atoms with van der Waals surface area (Å²) in [4.78, 5) is 34.1. The van der Waals surface area contributed by atoms with Gasteiger partial charge in [-0.05, 0) is 68.3 Å². The third kappa shape index (κ3) is 3.76. The number of benzene rings is 3. The molecule has 2 aromatic heterocycles. The third-order valence-corrected chi connectivity index (χ3v) is 7.42. The van der Waals surface area contributed by atoms with Gasteiger partial charge in [0.1, 0.15) is 5.58 Å². The Hall–Kier alpha value is -4.17. The van der Waals surface area contributed by atoms with E-state index in [1.54, 1.807) is 29.2 Å². The highest BCUT2D eigenvalue weighted by Crippen LogP contribution is 2.45. The van der Waals surface area contributed by atoms with Crippen molar-refractivity contribution >= 4 is 43.6 Å². The molecule has 1 amide bonds. The second-order valence-corrected chi connectivity index (χ2v) is 9.80. The van der Waals surface area contributed by atoms with Gasteiger partial charge in [-0.25, -0.2) is 4.98 Å². The molecule has 0 saturated heterocycles. The standard InChI is InChI=1S/C29H24N2O5S/c1-4-34-21-13-11-17(15-22(21)35-5-2)25-24-26(32)18-8-6-7-9-20(18)36-27(24)28(33)31(25)29-30-19-12-10-16(3)14-23(19)37-29/h6-15,25H,4-5H2,1-3H3/t25-/m1/s1. The molecular formula is C29H24N2O5S. The quantitative estimate of drug-likeness (QED) is 0.267. The van der Waals surface area contributed by atoms with Crippen LogP contribution in [0.4, 0.5) is 5.13 Å². The number of hydrogen-bond donors (Lipinski definition) is 0. The second-order valence-electron chi connectivity index (χ2n) is 8.79. The van der Waals surface area contributed by atoms with Gasteiger partial charge >= 0.3 is 0 Å². The predicted octanol–water partition coefficient (Wildman–Crippen LogP) is 6.26. The van der Waals surface area contributed by atoms with Crippen molar-refractivity contribution < 1.29 is 18.7 Å². The van der Waals surface area contributed by atoms with Crippen molar-refractivity contribution in [3.63, 3.8) is 0 Å². The van der Waals surface area contributed by atoms with E-state index in [-0.39, 0.29) is 11.2 Å². The number of aryl methyl sites for hydroxylation is 1. The van der Waals surface area contributed by atoms with Crippen LogP contribution in [0, 0.1) is 6.92 Å². The van der Waals surface area contributed by atoms with Crippen molar-refractivity contribution in [3.05, 3.63) is 93.3 Å². The Labute approximate surface area is 216 Å². The average Bonchev–Trinajstić information content (AvgIpc) is 3.43. The molecule has 37 heavy (non-hydrogen) atoms. The number of anilines is 1. The van der Waals surface area contributed by atoms with E-state index in [2.05, 4.69) is 0 Å². The molecule has 1 aliphatic heterocycles. The van der Waals surface area contributed by atoms with Crippen LogP contribution in [0.1, 0.15) is 47.1 Å². The molecule has 7 nitrogen and oxygen atoms in total. The molecule has 5 aromatic rings. The smallest absolute Gasteiger partial charge is 0.297 e. The Kier molecular flexibility index (Phi) is 5.68. The van der Waals surface area contributed by atoms with Gasteiger partial charge in [-0.2, -0.15) is 0 Å². The van der Waals surface area contributed by atoms with Crippen molar-refractivity contribution in [1.82, 2.24) is 4.98 Å². The minimum atomic E-state index is -0.736. The van der Waals surface area contributed by atoms with Crippen LogP contribution < -0.4 is 19.8 Å². The Morgan fingerprint density at radius 2 is 1.76 bits per heavy atom. The maximum Gasteiger partial charge on any atom is 0.297 e. The van der Waals surface area contributed by atoms with Gasteiger partial charge in [0, 0.05) is 0 Å². The van der Waals surface area contributed by atoms with Gasteiger partial charge in [0.25, 0.3) is 5.91 Å². The van der Waals surface area contributed by atoms with Crippen molar-refractivity contribution in [2.45, 2.75) is 26.8 Å². The first-order chi connectivity index (χ1) is 18.0. The van der Waals surface area contributed by atoms with Gasteiger partial charge in [0.2, 0.25) is 5.76 Å². The van der Waals surface area contributed by atoms with Gasteiger partial charge < -0.3 is 13.9 Å². The predicted molar refractivity (Wildman–Crippen MR) is 144 cm³/mol. The minimum Gasteiger partial charge on any atom is -0.490 e. The second kappa shape index (κ2) is 9.05. The summed E-state index contributed by atoms with van der Waals surface area (Å²) in [6, 6.07) is 17.7. The lowest BCUT2D eigenvalue weighted by molar-refractivity contribution is 0.0971. The van der Waals surface area contributed by atoms with Gasteiger partial charge in [-0.1, -0.05) is 35.6 Å². The summed E-state index contributed by atoms with van der Waals surface area (Å²) < 4.78 is 18.6. The highest BCUT2D eigenvalue weighted by atomic mass is 32.1. The minimum absolute atomic E-state index is 0.0379. The maximum absolute atomic E-state index is 13.9. The first kappa shape index (κ1) is 23.2. The number of para-hydroxylation sites is 1. The van der Waals surface area contributed by atoms with E-state index in [1.165, 1.54) is 11.3 Å². The van der Waals surface area contributed by atoms with E-state index < -0.39 is 11.9 Å². The molecule has 1 atom stereocenters. The SMILES string of the molecule is CCOc1ccc([C@@H]2c3c(oc4ccccc4c3=O)C(=O)N2c2nc3ccc(C)cc3s2)cc1OCC. The van der Waals surface area contributed by atoms with Crippen LogP contribution in [0.15, 0.2) is 69.9 Å². The molecule has 0 saturated carbocycles. The first-order valence-corrected chi connectivity index (χ1v) is 13.0. The van der Waals surface area contributed by atoms with Crippen LogP contribution in [0.5, 0.6) is 11.5 Å². The summed E-state index contributed by atoms with van der Waals surface area (Å²) in [7, 11) is 0. The molecule has 0 unspecified atom stereocenters. The molecule has 0 spiro atoms. The van der Waals surface area contributed by atoms with Crippen LogP contribution >= 0.6 is 11.3 Å². The number of ether oxygens (including phenoxy) is 2. The number of amides is 1. The van der Waals surface area contributed by atoms with Gasteiger partial charge in [-0.3, -0.25) is 14.5 Å². The normalized spacial score (nSPS) is 14.9. The molecule has 0 N–H and O–H groups in total. The zero-order valence-corrected chi connectivity index (χ0v) is 21.4. The fraction of sp³-hybridized carbons (Fsp3) is 0.207. The Morgan fingerprint density at radius 1 is 0.973 bits per heavy atom. The molecule has 3 heterocycles. The van der Waals surface area contributed by atoms with Crippen LogP contribution in [0.3, 0.4) is 0 Å². The fourth-order valence-corrected chi connectivity index (χ4v) is 5.88. The molecule has 0 fully saturated rings. The number of nitrogens with zero attached hydrogens (tertiary/aromatic N) is 2. The Balaban J connectivity index is 1.61. The van der Waals surface area contributed by atoms with E-state index in [9.17, 15) is 9.59 Å². The van der Waals surface area contributed by atoms with Crippen molar-refractivity contribution in [3.8, 4) is 11.5 Å². The van der Waals surface area contributed by atoms with Crippen molar-refractivity contribution in [1.29, 1.82) is 0 Å². The molecule has 0 radical (unpaired) electrons. The third-order valence-electron chi connectivity index (χ3n) is 6.40. The van der Waals surface area contributed by atoms with Gasteiger partial charge in [0.15, 0.2) is 22.1 Å². The van der Waals surface area contributed by atoms with Crippen molar-refractivity contribution in [2.24, 2.45) is 0 Å². The molecule has 6 rings (SSSR count). The van der Waals surface area contributed by atoms with Crippen LogP contribution in [0.2, 0.25) is 0 Å². The highest BCUT2D eigenvalue weighted by molar-refractivity contribution is 7.22. The van der Waals surface area contributed by atoms with E-state index in [1.807, 2.05) is 57.2 Å². The highest BCUT2D eigenvalue weighted by Gasteiger charge is 2.45. The van der Waals surface area contributed by atoms with E-state index in [4.69, 9.17) is 18.9 Å². The average molecular weight is 513 g/mol. The molecule has 186 valence electrons. The number of fused-ring (bicyclic) bond motifs is 3. The van der Waals surface area contributed by atoms with Gasteiger partial charge in [0.05, 0.1) is 40.4 Å². The lowest BCUT2D eigenvalue weighted by Crippen LogP contribution is -2.29. The number of rotatable bonds is 6. The van der Waals surface area contributed by atoms with E-state index in [0.717, 1.165) is 15.8 Å². The molecule has 3 aromatic carbocycles. The molecule has 1 aliphatic rings. The topological polar surface area (TPSA) is 81.9 Å². The molecule has 0 aliphatic carbocycles. The first-order valence-electron chi connectivity index (χ1n) is 12.2. The largest absolute Gasteiger partial charge is 0.490 e. The van der Waals surface area contributed by atoms with Crippen LogP contribution in [-0.2, 0) is 0 Å². The number of thiazole rings is 1. The van der Waals surface area contributed by atoms with Crippen LogP contribution in [0.25, 0.3) is 21.2 Å². The van der Waals surface area contributed by atoms with E-state index >= 15 is 0 Å². The summed E-state index contributed by atoms with van der Waals surface area (Å²) in [5.74, 6) is 0.791. The summed E-state index contributed by atoms with van der Waals surface area (Å²) >= 11 is 1.41. The lowest BCUT2D eigenvalue weighted by Gasteiger charge is -2.23. The summed E-state index contributed by atoms with van der Waals surface area (Å²) in [6.07, 6.45) is 0. The monoisotopic (exact) mass is 512 g/mol. The molecule has 0 bridgehead atoms. The summed E-state index contributed by atoms with van der Waals surface area (Å²) in [5.41, 5.74) is 3.04. The zero-order chi connectivity index (χ0) is 25.7. The fourth-order valence-electron chi connectivity index (χ4n) is 4.79. The molecular weight excluding hydrogens is 488 g/mol. The molecule has 8 heteroatoms. The van der Waals surface area contributed by atoms with Crippen molar-refractivity contribution in [2.75, 3.05) is 18.1 Å². The summed E-state index contributed by atoms with van der Waals surface area (Å²) in [5, 5.41) is 0.925. The number of hydrogen-bond acceptors (Lipinski definition) is 7. The number of carbonyl (C=O) groups excluding carboxylic acids is 1. The number of carbonyl (C=O) groups is 1. The Morgan fingerprint density at radius 3 is 2.57 bits per heavy atom. The maximum atomic E-state index is 13.9. The lowest BCUT2D eigenvalue weighted by atomic mass is 9.98. The zero-order valence-electron chi connectivity index (χ0n) is 20.6. The number of aromatic nitrogens is 1.